The predicted molar refractivity (Wildman–Crippen MR) is 131 cm³/mol. The van der Waals surface area contributed by atoms with Gasteiger partial charge in [-0.1, -0.05) is 52.3 Å². The Morgan fingerprint density at radius 2 is 1.76 bits per heavy atom. The van der Waals surface area contributed by atoms with E-state index in [4.69, 9.17) is 8.83 Å². The number of hydrogen-bond acceptors (Lipinski definition) is 5. The lowest BCUT2D eigenvalue weighted by Gasteiger charge is -2.26. The van der Waals surface area contributed by atoms with Crippen LogP contribution in [0.4, 0.5) is 5.69 Å². The molecule has 166 valence electrons. The highest BCUT2D eigenvalue weighted by atomic mass is 79.9. The molecule has 0 saturated heterocycles. The molecule has 7 heteroatoms. The summed E-state index contributed by atoms with van der Waals surface area (Å²) in [6.45, 7) is 0. The second kappa shape index (κ2) is 7.74. The van der Waals surface area contributed by atoms with Crippen molar-refractivity contribution in [2.24, 2.45) is 0 Å². The highest BCUT2D eigenvalue weighted by Gasteiger charge is 2.47. The first-order valence-electron chi connectivity index (χ1n) is 10.5. The molecule has 1 atom stereocenters. The van der Waals surface area contributed by atoms with Crippen LogP contribution in [0.5, 0.6) is 0 Å². The van der Waals surface area contributed by atoms with Gasteiger partial charge in [-0.05, 0) is 47.9 Å². The summed E-state index contributed by atoms with van der Waals surface area (Å²) < 4.78 is 12.3. The number of rotatable bonds is 4. The third-order valence-electron chi connectivity index (χ3n) is 5.99. The van der Waals surface area contributed by atoms with Crippen LogP contribution in [0.25, 0.3) is 21.7 Å². The lowest BCUT2D eigenvalue weighted by Crippen LogP contribution is -2.31. The maximum absolute atomic E-state index is 13.7. The fourth-order valence-electron chi connectivity index (χ4n) is 4.48. The quantitative estimate of drug-likeness (QED) is 0.269. The molecule has 5 aromatic rings. The molecule has 6 nitrogen and oxygen atoms in total. The summed E-state index contributed by atoms with van der Waals surface area (Å²) in [6.07, 6.45) is 1.47. The van der Waals surface area contributed by atoms with Crippen LogP contribution in [0.15, 0.2) is 110 Å². The van der Waals surface area contributed by atoms with Gasteiger partial charge in [0.25, 0.3) is 5.91 Å². The Balaban J connectivity index is 1.52. The zero-order chi connectivity index (χ0) is 23.4. The van der Waals surface area contributed by atoms with E-state index in [-0.39, 0.29) is 11.3 Å². The first-order valence-corrected chi connectivity index (χ1v) is 11.3. The predicted octanol–water partition coefficient (Wildman–Crippen LogP) is 6.72. The van der Waals surface area contributed by atoms with Crippen molar-refractivity contribution in [3.8, 4) is 0 Å². The second-order valence-electron chi connectivity index (χ2n) is 7.98. The number of ketones is 1. The molecule has 1 N–H and O–H groups in total. The van der Waals surface area contributed by atoms with E-state index in [0.717, 1.165) is 20.6 Å². The van der Waals surface area contributed by atoms with Crippen molar-refractivity contribution in [1.82, 2.24) is 0 Å². The van der Waals surface area contributed by atoms with E-state index < -0.39 is 23.5 Å². The molecule has 1 amide bonds. The first kappa shape index (κ1) is 20.5. The number of benzene rings is 3. The minimum atomic E-state index is -0.958. The van der Waals surface area contributed by atoms with Crippen molar-refractivity contribution in [2.75, 3.05) is 4.90 Å². The number of hydrogen-bond donors (Lipinski definition) is 1. The molecule has 0 saturated carbocycles. The summed E-state index contributed by atoms with van der Waals surface area (Å²) in [5, 5.41) is 13.4. The van der Waals surface area contributed by atoms with E-state index in [0.29, 0.717) is 17.0 Å². The monoisotopic (exact) mass is 513 g/mol. The number of fused-ring (bicyclic) bond motifs is 2. The van der Waals surface area contributed by atoms with Crippen LogP contribution in [0.1, 0.15) is 22.4 Å². The summed E-state index contributed by atoms with van der Waals surface area (Å²) >= 11 is 3.41. The normalized spacial score (nSPS) is 16.2. The van der Waals surface area contributed by atoms with E-state index in [2.05, 4.69) is 15.9 Å². The van der Waals surface area contributed by atoms with Crippen molar-refractivity contribution in [3.05, 3.63) is 112 Å². The third-order valence-corrected chi connectivity index (χ3v) is 6.49. The van der Waals surface area contributed by atoms with Crippen LogP contribution >= 0.6 is 15.9 Å². The number of amides is 1. The highest BCUT2D eigenvalue weighted by molar-refractivity contribution is 9.10. The van der Waals surface area contributed by atoms with Crippen LogP contribution in [-0.4, -0.2) is 16.8 Å². The Bertz CT molecular complexity index is 1620. The molecular formula is C27H16BrNO5. The summed E-state index contributed by atoms with van der Waals surface area (Å²) in [5.74, 6) is -1.51. The number of anilines is 1. The zero-order valence-corrected chi connectivity index (χ0v) is 19.2. The molecule has 3 heterocycles. The van der Waals surface area contributed by atoms with Gasteiger partial charge in [0, 0.05) is 15.2 Å². The van der Waals surface area contributed by atoms with Crippen LogP contribution < -0.4 is 4.90 Å². The fraction of sp³-hybridized carbons (Fsp3) is 0.0370. The van der Waals surface area contributed by atoms with Crippen LogP contribution in [-0.2, 0) is 4.79 Å². The average molecular weight is 514 g/mol. The van der Waals surface area contributed by atoms with Gasteiger partial charge in [-0.3, -0.25) is 14.5 Å². The Kier molecular flexibility index (Phi) is 4.67. The number of aliphatic hydroxyl groups is 1. The number of nitrogens with zero attached hydrogens (tertiary/aromatic N) is 1. The third kappa shape index (κ3) is 3.08. The van der Waals surface area contributed by atoms with Gasteiger partial charge in [0.1, 0.15) is 17.4 Å². The van der Waals surface area contributed by atoms with Crippen molar-refractivity contribution in [1.29, 1.82) is 0 Å². The molecule has 0 fully saturated rings. The largest absolute Gasteiger partial charge is 0.503 e. The Morgan fingerprint density at radius 1 is 0.941 bits per heavy atom. The molecular weight excluding hydrogens is 498 g/mol. The Hall–Kier alpha value is -4.10. The van der Waals surface area contributed by atoms with Crippen molar-refractivity contribution >= 4 is 55.0 Å². The minimum Gasteiger partial charge on any atom is -0.503 e. The molecule has 0 bridgehead atoms. The van der Waals surface area contributed by atoms with Gasteiger partial charge >= 0.3 is 0 Å². The topological polar surface area (TPSA) is 83.9 Å². The molecule has 1 aliphatic heterocycles. The van der Waals surface area contributed by atoms with Crippen LogP contribution in [0.3, 0.4) is 0 Å². The van der Waals surface area contributed by atoms with Gasteiger partial charge < -0.3 is 13.9 Å². The maximum Gasteiger partial charge on any atom is 0.294 e. The smallest absolute Gasteiger partial charge is 0.294 e. The minimum absolute atomic E-state index is 0.0266. The lowest BCUT2D eigenvalue weighted by atomic mass is 9.98. The van der Waals surface area contributed by atoms with E-state index in [9.17, 15) is 14.7 Å². The zero-order valence-electron chi connectivity index (χ0n) is 17.6. The second-order valence-corrected chi connectivity index (χ2v) is 8.89. The Labute approximate surface area is 201 Å². The molecule has 0 spiro atoms. The van der Waals surface area contributed by atoms with Crippen molar-refractivity contribution < 1.29 is 23.5 Å². The van der Waals surface area contributed by atoms with Gasteiger partial charge in [-0.15, -0.1) is 0 Å². The van der Waals surface area contributed by atoms with Gasteiger partial charge in [-0.2, -0.15) is 0 Å². The summed E-state index contributed by atoms with van der Waals surface area (Å²) in [7, 11) is 0. The number of aliphatic hydroxyl groups excluding tert-OH is 1. The number of Topliss-reactive ketones (excluding diaryl/α,β-unsaturated/α-hetero) is 1. The first-order chi connectivity index (χ1) is 16.5. The molecule has 0 radical (unpaired) electrons. The van der Waals surface area contributed by atoms with E-state index >= 15 is 0 Å². The van der Waals surface area contributed by atoms with Gasteiger partial charge in [0.2, 0.25) is 5.78 Å². The molecule has 34 heavy (non-hydrogen) atoms. The SMILES string of the molecule is O=C(C1=C(O)C(=O)N(c2cccc3ccccc23)C1c1ccco1)c1cc2cc(Br)ccc2o1. The van der Waals surface area contributed by atoms with Crippen molar-refractivity contribution in [2.45, 2.75) is 6.04 Å². The van der Waals surface area contributed by atoms with E-state index in [1.54, 1.807) is 30.3 Å². The molecule has 2 aromatic heterocycles. The number of halogens is 1. The molecule has 3 aromatic carbocycles. The summed E-state index contributed by atoms with van der Waals surface area (Å²) in [4.78, 5) is 28.5. The van der Waals surface area contributed by atoms with Gasteiger partial charge in [0.05, 0.1) is 17.5 Å². The molecule has 1 unspecified atom stereocenters. The average Bonchev–Trinajstić information content (AvgIpc) is 3.57. The van der Waals surface area contributed by atoms with Crippen molar-refractivity contribution in [3.63, 3.8) is 0 Å². The lowest BCUT2D eigenvalue weighted by molar-refractivity contribution is -0.117. The maximum atomic E-state index is 13.7. The number of carbonyl (C=O) groups excluding carboxylic acids is 2. The van der Waals surface area contributed by atoms with Gasteiger partial charge in [0.15, 0.2) is 11.5 Å². The molecule has 0 aliphatic carbocycles. The van der Waals surface area contributed by atoms with Gasteiger partial charge in [-0.25, -0.2) is 0 Å². The molecule has 1 aliphatic rings. The van der Waals surface area contributed by atoms with E-state index in [1.807, 2.05) is 48.5 Å². The number of furan rings is 2. The van der Waals surface area contributed by atoms with Crippen LogP contribution in [0, 0.1) is 0 Å². The van der Waals surface area contributed by atoms with Crippen LogP contribution in [0.2, 0.25) is 0 Å². The van der Waals surface area contributed by atoms with E-state index in [1.165, 1.54) is 11.2 Å². The number of carbonyl (C=O) groups is 2. The molecule has 6 rings (SSSR count). The Morgan fingerprint density at radius 3 is 2.59 bits per heavy atom. The summed E-state index contributed by atoms with van der Waals surface area (Å²) in [5.41, 5.74) is 0.995. The standard InChI is InChI=1S/C27H16BrNO5/c28-17-10-11-20-16(13-17)14-22(34-20)25(30)23-24(21-9-4-12-33-21)29(27(32)26(23)31)19-8-3-6-15-5-1-2-7-18(15)19/h1-14,24,31H. The fourth-order valence-corrected chi connectivity index (χ4v) is 4.86. The highest BCUT2D eigenvalue weighted by Crippen LogP contribution is 2.44. The summed E-state index contributed by atoms with van der Waals surface area (Å²) in [6, 6.07) is 22.6.